The molecule has 0 bridgehead atoms. The molecule has 2 rings (SSSR count). The van der Waals surface area contributed by atoms with E-state index < -0.39 is 0 Å². The van der Waals surface area contributed by atoms with Gasteiger partial charge in [-0.25, -0.2) is 0 Å². The van der Waals surface area contributed by atoms with Gasteiger partial charge < -0.3 is 0 Å². The highest BCUT2D eigenvalue weighted by atomic mass is 16.1. The molecule has 0 aliphatic heterocycles. The lowest BCUT2D eigenvalue weighted by Gasteiger charge is -2.21. The number of hydrogen-bond donors (Lipinski definition) is 0. The van der Waals surface area contributed by atoms with Crippen molar-refractivity contribution in [2.24, 2.45) is 5.41 Å². The average Bonchev–Trinajstić information content (AvgIpc) is 2.47. The van der Waals surface area contributed by atoms with Gasteiger partial charge in [0.25, 0.3) is 0 Å². The second kappa shape index (κ2) is 6.71. The Kier molecular flexibility index (Phi) is 4.95. The number of rotatable bonds is 5. The fourth-order valence-corrected chi connectivity index (χ4v) is 2.50. The van der Waals surface area contributed by atoms with Gasteiger partial charge in [-0.3, -0.25) is 4.79 Å². The molecule has 21 heavy (non-hydrogen) atoms. The zero-order valence-electron chi connectivity index (χ0n) is 13.2. The molecule has 110 valence electrons. The van der Waals surface area contributed by atoms with Crippen LogP contribution in [0.5, 0.6) is 0 Å². The molecule has 0 heterocycles. The van der Waals surface area contributed by atoms with Crippen LogP contribution in [0.25, 0.3) is 0 Å². The molecule has 0 unspecified atom stereocenters. The van der Waals surface area contributed by atoms with Crippen molar-refractivity contribution in [2.75, 3.05) is 0 Å². The first-order valence-corrected chi connectivity index (χ1v) is 7.60. The van der Waals surface area contributed by atoms with E-state index in [1.807, 2.05) is 60.7 Å². The molecule has 0 saturated carbocycles. The van der Waals surface area contributed by atoms with Gasteiger partial charge in [0.2, 0.25) is 0 Å². The first kappa shape index (κ1) is 15.5. The molecular weight excluding hydrogens is 256 g/mol. The predicted octanol–water partition coefficient (Wildman–Crippen LogP) is 5.21. The second-order valence-corrected chi connectivity index (χ2v) is 6.78. The lowest BCUT2D eigenvalue weighted by Crippen LogP contribution is -2.17. The van der Waals surface area contributed by atoms with Crippen molar-refractivity contribution in [1.29, 1.82) is 0 Å². The van der Waals surface area contributed by atoms with Gasteiger partial charge in [0.15, 0.2) is 0 Å². The van der Waals surface area contributed by atoms with E-state index in [4.69, 9.17) is 0 Å². The van der Waals surface area contributed by atoms with Crippen molar-refractivity contribution in [2.45, 2.75) is 39.5 Å². The molecule has 0 atom stereocenters. The van der Waals surface area contributed by atoms with E-state index >= 15 is 0 Å². The fourth-order valence-electron chi connectivity index (χ4n) is 2.50. The molecule has 0 fully saturated rings. The average molecular weight is 280 g/mol. The first-order chi connectivity index (χ1) is 9.97. The maximum absolute atomic E-state index is 12.8. The highest BCUT2D eigenvalue weighted by Crippen LogP contribution is 2.29. The Bertz CT molecular complexity index is 524. The van der Waals surface area contributed by atoms with Crippen LogP contribution in [0.3, 0.4) is 0 Å². The summed E-state index contributed by atoms with van der Waals surface area (Å²) >= 11 is 0. The Morgan fingerprint density at radius 1 is 0.857 bits per heavy atom. The topological polar surface area (TPSA) is 17.1 Å². The van der Waals surface area contributed by atoms with Crippen molar-refractivity contribution >= 4 is 5.78 Å². The van der Waals surface area contributed by atoms with E-state index in [0.717, 1.165) is 17.5 Å². The van der Waals surface area contributed by atoms with Crippen LogP contribution in [0, 0.1) is 5.41 Å². The molecule has 0 radical (unpaired) electrons. The zero-order valence-corrected chi connectivity index (χ0v) is 13.2. The Morgan fingerprint density at radius 3 is 1.67 bits per heavy atom. The van der Waals surface area contributed by atoms with E-state index in [2.05, 4.69) is 20.8 Å². The largest absolute Gasteiger partial charge is 0.299 e. The molecular formula is C20H24O. The van der Waals surface area contributed by atoms with E-state index in [-0.39, 0.29) is 11.3 Å². The standard InChI is InChI=1S/C20H24O/c1-20(2,3)15-14-18(21)19(16-10-6-4-7-11-16)17-12-8-5-9-13-17/h4-13,19H,14-15H2,1-3H3. The summed E-state index contributed by atoms with van der Waals surface area (Å²) in [5.41, 5.74) is 2.36. The molecule has 0 aromatic heterocycles. The zero-order chi connectivity index (χ0) is 15.3. The van der Waals surface area contributed by atoms with Gasteiger partial charge in [-0.15, -0.1) is 0 Å². The predicted molar refractivity (Wildman–Crippen MR) is 88.4 cm³/mol. The quantitative estimate of drug-likeness (QED) is 0.734. The van der Waals surface area contributed by atoms with Crippen LogP contribution in [-0.2, 0) is 4.79 Å². The van der Waals surface area contributed by atoms with Crippen LogP contribution in [-0.4, -0.2) is 5.78 Å². The van der Waals surface area contributed by atoms with Gasteiger partial charge in [0.1, 0.15) is 5.78 Å². The van der Waals surface area contributed by atoms with Crippen molar-refractivity contribution in [1.82, 2.24) is 0 Å². The van der Waals surface area contributed by atoms with Crippen LogP contribution >= 0.6 is 0 Å². The summed E-state index contributed by atoms with van der Waals surface area (Å²) < 4.78 is 0. The molecule has 0 amide bonds. The van der Waals surface area contributed by atoms with Crippen LogP contribution < -0.4 is 0 Å². The first-order valence-electron chi connectivity index (χ1n) is 7.60. The summed E-state index contributed by atoms with van der Waals surface area (Å²) in [5.74, 6) is 0.164. The van der Waals surface area contributed by atoms with E-state index in [9.17, 15) is 4.79 Å². The monoisotopic (exact) mass is 280 g/mol. The lowest BCUT2D eigenvalue weighted by atomic mass is 9.82. The van der Waals surface area contributed by atoms with Gasteiger partial charge in [0.05, 0.1) is 5.92 Å². The van der Waals surface area contributed by atoms with Gasteiger partial charge in [-0.1, -0.05) is 81.4 Å². The Hall–Kier alpha value is -1.89. The Balaban J connectivity index is 2.27. The highest BCUT2D eigenvalue weighted by Gasteiger charge is 2.23. The summed E-state index contributed by atoms with van der Waals surface area (Å²) in [6.45, 7) is 6.54. The van der Waals surface area contributed by atoms with Crippen molar-refractivity contribution in [3.05, 3.63) is 71.8 Å². The molecule has 0 aliphatic carbocycles. The normalized spacial score (nSPS) is 11.6. The molecule has 0 N–H and O–H groups in total. The molecule has 1 nitrogen and oxygen atoms in total. The van der Waals surface area contributed by atoms with Crippen LogP contribution in [0.1, 0.15) is 50.7 Å². The number of ketones is 1. The summed E-state index contributed by atoms with van der Waals surface area (Å²) in [6.07, 6.45) is 1.54. The van der Waals surface area contributed by atoms with Crippen molar-refractivity contribution in [3.8, 4) is 0 Å². The highest BCUT2D eigenvalue weighted by molar-refractivity contribution is 5.89. The minimum absolute atomic E-state index is 0.144. The molecule has 0 aliphatic rings. The number of carbonyl (C=O) groups excluding carboxylic acids is 1. The third-order valence-electron chi connectivity index (χ3n) is 3.71. The summed E-state index contributed by atoms with van der Waals surface area (Å²) in [7, 11) is 0. The molecule has 0 saturated heterocycles. The maximum atomic E-state index is 12.8. The van der Waals surface area contributed by atoms with Crippen molar-refractivity contribution < 1.29 is 4.79 Å². The van der Waals surface area contributed by atoms with Gasteiger partial charge in [-0.05, 0) is 23.0 Å². The number of Topliss-reactive ketones (excluding diaryl/α,β-unsaturated/α-hetero) is 1. The summed E-state index contributed by atoms with van der Waals surface area (Å²) in [5, 5.41) is 0. The van der Waals surface area contributed by atoms with E-state index in [1.54, 1.807) is 0 Å². The van der Waals surface area contributed by atoms with Crippen LogP contribution in [0.15, 0.2) is 60.7 Å². The minimum atomic E-state index is -0.144. The molecule has 2 aromatic carbocycles. The smallest absolute Gasteiger partial charge is 0.144 e. The minimum Gasteiger partial charge on any atom is -0.299 e. The van der Waals surface area contributed by atoms with Crippen LogP contribution in [0.4, 0.5) is 0 Å². The van der Waals surface area contributed by atoms with Gasteiger partial charge in [0, 0.05) is 6.42 Å². The Morgan fingerprint density at radius 2 is 1.29 bits per heavy atom. The second-order valence-electron chi connectivity index (χ2n) is 6.78. The summed E-state index contributed by atoms with van der Waals surface area (Å²) in [4.78, 5) is 12.8. The van der Waals surface area contributed by atoms with Gasteiger partial charge >= 0.3 is 0 Å². The Labute approximate surface area is 128 Å². The number of benzene rings is 2. The van der Waals surface area contributed by atoms with Crippen LogP contribution in [0.2, 0.25) is 0 Å². The number of hydrogen-bond acceptors (Lipinski definition) is 1. The third-order valence-corrected chi connectivity index (χ3v) is 3.71. The molecule has 0 spiro atoms. The van der Waals surface area contributed by atoms with E-state index in [0.29, 0.717) is 12.2 Å². The molecule has 2 aromatic rings. The van der Waals surface area contributed by atoms with Crippen molar-refractivity contribution in [3.63, 3.8) is 0 Å². The molecule has 1 heteroatoms. The van der Waals surface area contributed by atoms with Gasteiger partial charge in [-0.2, -0.15) is 0 Å². The number of carbonyl (C=O) groups is 1. The fraction of sp³-hybridized carbons (Fsp3) is 0.350. The van der Waals surface area contributed by atoms with E-state index in [1.165, 1.54) is 0 Å². The SMILES string of the molecule is CC(C)(C)CCC(=O)C(c1ccccc1)c1ccccc1. The summed E-state index contributed by atoms with van der Waals surface area (Å²) in [6, 6.07) is 20.2. The lowest BCUT2D eigenvalue weighted by molar-refractivity contribution is -0.120. The maximum Gasteiger partial charge on any atom is 0.144 e. The third kappa shape index (κ3) is 4.56.